The van der Waals surface area contributed by atoms with Crippen LogP contribution >= 0.6 is 0 Å². The molecule has 1 saturated carbocycles. The lowest BCUT2D eigenvalue weighted by Gasteiger charge is -2.16. The summed E-state index contributed by atoms with van der Waals surface area (Å²) in [5.41, 5.74) is 5.27. The number of sulfonamides is 1. The molecular formula is C8H18N2O2S. The first-order chi connectivity index (χ1) is 6.06. The van der Waals surface area contributed by atoms with E-state index >= 15 is 0 Å². The van der Waals surface area contributed by atoms with Gasteiger partial charge in [-0.2, -0.15) is 0 Å². The van der Waals surface area contributed by atoms with Crippen molar-refractivity contribution in [3.63, 3.8) is 0 Å². The lowest BCUT2D eigenvalue weighted by atomic mass is 10.4. The van der Waals surface area contributed by atoms with Crippen LogP contribution in [0.3, 0.4) is 0 Å². The van der Waals surface area contributed by atoms with Crippen molar-refractivity contribution in [3.8, 4) is 0 Å². The summed E-state index contributed by atoms with van der Waals surface area (Å²) in [5.74, 6) is 0.796. The van der Waals surface area contributed by atoms with Crippen molar-refractivity contribution < 1.29 is 8.42 Å². The van der Waals surface area contributed by atoms with Gasteiger partial charge in [0.2, 0.25) is 10.0 Å². The molecule has 0 radical (unpaired) electrons. The lowest BCUT2D eigenvalue weighted by Crippen LogP contribution is -2.31. The van der Waals surface area contributed by atoms with Gasteiger partial charge in [0.05, 0.1) is 5.75 Å². The standard InChI is InChI=1S/C8H18N2O2S/c1-10(7-8-3-4-8)13(11,12)6-2-5-9/h8H,2-7,9H2,1H3. The lowest BCUT2D eigenvalue weighted by molar-refractivity contribution is 0.452. The number of rotatable bonds is 6. The molecule has 78 valence electrons. The summed E-state index contributed by atoms with van der Waals surface area (Å²) < 4.78 is 24.5. The second-order valence-corrected chi connectivity index (χ2v) is 5.88. The van der Waals surface area contributed by atoms with Crippen molar-refractivity contribution in [1.29, 1.82) is 0 Å². The molecule has 13 heavy (non-hydrogen) atoms. The smallest absolute Gasteiger partial charge is 0.213 e. The fourth-order valence-electron chi connectivity index (χ4n) is 1.20. The summed E-state index contributed by atoms with van der Waals surface area (Å²) in [6.45, 7) is 1.13. The highest BCUT2D eigenvalue weighted by atomic mass is 32.2. The number of hydrogen-bond donors (Lipinski definition) is 1. The first-order valence-corrected chi connectivity index (χ1v) is 6.31. The summed E-state index contributed by atoms with van der Waals surface area (Å²) in [4.78, 5) is 0. The molecule has 0 atom stereocenters. The van der Waals surface area contributed by atoms with E-state index in [0.29, 0.717) is 25.4 Å². The van der Waals surface area contributed by atoms with Crippen molar-refractivity contribution >= 4 is 10.0 Å². The first kappa shape index (κ1) is 10.9. The van der Waals surface area contributed by atoms with Gasteiger partial charge in [-0.1, -0.05) is 0 Å². The molecule has 0 amide bonds. The van der Waals surface area contributed by atoms with Crippen LogP contribution in [0.25, 0.3) is 0 Å². The average Bonchev–Trinajstić information content (AvgIpc) is 2.84. The fraction of sp³-hybridized carbons (Fsp3) is 1.00. The summed E-state index contributed by atoms with van der Waals surface area (Å²) in [6.07, 6.45) is 2.91. The highest BCUT2D eigenvalue weighted by Crippen LogP contribution is 2.29. The minimum Gasteiger partial charge on any atom is -0.330 e. The van der Waals surface area contributed by atoms with Gasteiger partial charge in [-0.05, 0) is 31.7 Å². The number of hydrogen-bond acceptors (Lipinski definition) is 3. The van der Waals surface area contributed by atoms with Crippen molar-refractivity contribution in [3.05, 3.63) is 0 Å². The van der Waals surface area contributed by atoms with Crippen LogP contribution in [0.5, 0.6) is 0 Å². The van der Waals surface area contributed by atoms with Gasteiger partial charge >= 0.3 is 0 Å². The molecule has 0 spiro atoms. The molecule has 1 aliphatic carbocycles. The average molecular weight is 206 g/mol. The highest BCUT2D eigenvalue weighted by molar-refractivity contribution is 7.89. The molecule has 0 bridgehead atoms. The molecule has 0 saturated heterocycles. The zero-order valence-corrected chi connectivity index (χ0v) is 8.89. The summed E-state index contributed by atoms with van der Waals surface area (Å²) in [5, 5.41) is 0. The van der Waals surface area contributed by atoms with Crippen molar-refractivity contribution in [2.24, 2.45) is 11.7 Å². The van der Waals surface area contributed by atoms with Gasteiger partial charge in [-0.25, -0.2) is 12.7 Å². The van der Waals surface area contributed by atoms with Gasteiger partial charge in [-0.3, -0.25) is 0 Å². The molecule has 5 heteroatoms. The molecular weight excluding hydrogens is 188 g/mol. The summed E-state index contributed by atoms with van der Waals surface area (Å²) >= 11 is 0. The Morgan fingerprint density at radius 1 is 1.46 bits per heavy atom. The maximum atomic E-state index is 11.5. The Morgan fingerprint density at radius 3 is 2.54 bits per heavy atom. The van der Waals surface area contributed by atoms with Crippen LogP contribution in [0.4, 0.5) is 0 Å². The highest BCUT2D eigenvalue weighted by Gasteiger charge is 2.27. The Balaban J connectivity index is 2.36. The first-order valence-electron chi connectivity index (χ1n) is 4.70. The molecule has 1 fully saturated rings. The molecule has 1 rings (SSSR count). The van der Waals surface area contributed by atoms with E-state index in [1.54, 1.807) is 7.05 Å². The summed E-state index contributed by atoms with van der Waals surface area (Å²) in [7, 11) is -1.37. The van der Waals surface area contributed by atoms with Crippen LogP contribution in [0, 0.1) is 5.92 Å². The van der Waals surface area contributed by atoms with E-state index in [9.17, 15) is 8.42 Å². The molecule has 0 unspecified atom stereocenters. The van der Waals surface area contributed by atoms with Crippen LogP contribution in [0.1, 0.15) is 19.3 Å². The molecule has 0 aromatic carbocycles. The molecule has 1 aliphatic rings. The van der Waals surface area contributed by atoms with Gasteiger partial charge in [0, 0.05) is 13.6 Å². The Morgan fingerprint density at radius 2 is 2.08 bits per heavy atom. The van der Waals surface area contributed by atoms with E-state index < -0.39 is 10.0 Å². The van der Waals surface area contributed by atoms with E-state index in [4.69, 9.17) is 5.73 Å². The predicted octanol–water partition coefficient (Wildman–Crippen LogP) is 0.00680. The molecule has 0 heterocycles. The Kier molecular flexibility index (Phi) is 3.70. The van der Waals surface area contributed by atoms with Crippen molar-refractivity contribution in [2.45, 2.75) is 19.3 Å². The monoisotopic (exact) mass is 206 g/mol. The zero-order valence-electron chi connectivity index (χ0n) is 8.07. The largest absolute Gasteiger partial charge is 0.330 e. The van der Waals surface area contributed by atoms with Crippen molar-refractivity contribution in [2.75, 3.05) is 25.9 Å². The van der Waals surface area contributed by atoms with Crippen LogP contribution in [-0.4, -0.2) is 38.6 Å². The second-order valence-electron chi connectivity index (χ2n) is 3.68. The molecule has 0 aliphatic heterocycles. The topological polar surface area (TPSA) is 63.4 Å². The van der Waals surface area contributed by atoms with Gasteiger partial charge < -0.3 is 5.73 Å². The third-order valence-electron chi connectivity index (χ3n) is 2.29. The SMILES string of the molecule is CN(CC1CC1)S(=O)(=O)CCCN. The van der Waals surface area contributed by atoms with E-state index in [0.717, 1.165) is 0 Å². The van der Waals surface area contributed by atoms with Crippen LogP contribution in [-0.2, 0) is 10.0 Å². The minimum atomic E-state index is -3.02. The zero-order chi connectivity index (χ0) is 9.90. The fourth-order valence-corrected chi connectivity index (χ4v) is 2.48. The number of nitrogens with two attached hydrogens (primary N) is 1. The minimum absolute atomic E-state index is 0.187. The third-order valence-corrected chi connectivity index (χ3v) is 4.20. The number of nitrogens with zero attached hydrogens (tertiary/aromatic N) is 1. The second kappa shape index (κ2) is 4.39. The van der Waals surface area contributed by atoms with Gasteiger partial charge in [-0.15, -0.1) is 0 Å². The van der Waals surface area contributed by atoms with E-state index in [1.807, 2.05) is 0 Å². The van der Waals surface area contributed by atoms with Gasteiger partial charge in [0.1, 0.15) is 0 Å². The van der Waals surface area contributed by atoms with Crippen LogP contribution in [0.15, 0.2) is 0 Å². The quantitative estimate of drug-likeness (QED) is 0.665. The molecule has 0 aromatic rings. The van der Waals surface area contributed by atoms with Crippen LogP contribution < -0.4 is 5.73 Å². The molecule has 2 N–H and O–H groups in total. The van der Waals surface area contributed by atoms with Gasteiger partial charge in [0.25, 0.3) is 0 Å². The molecule has 4 nitrogen and oxygen atoms in total. The van der Waals surface area contributed by atoms with Crippen LogP contribution in [0.2, 0.25) is 0 Å². The molecule has 0 aromatic heterocycles. The maximum absolute atomic E-state index is 11.5. The van der Waals surface area contributed by atoms with Crippen molar-refractivity contribution in [1.82, 2.24) is 4.31 Å². The van der Waals surface area contributed by atoms with E-state index in [2.05, 4.69) is 0 Å². The third kappa shape index (κ3) is 3.62. The predicted molar refractivity (Wildman–Crippen MR) is 52.8 cm³/mol. The Labute approximate surface area is 80.1 Å². The Bertz CT molecular complexity index is 247. The van der Waals surface area contributed by atoms with E-state index in [1.165, 1.54) is 17.1 Å². The normalized spacial score (nSPS) is 18.1. The Hall–Kier alpha value is -0.130. The summed E-state index contributed by atoms with van der Waals surface area (Å²) in [6, 6.07) is 0. The van der Waals surface area contributed by atoms with E-state index in [-0.39, 0.29) is 5.75 Å². The van der Waals surface area contributed by atoms with Gasteiger partial charge in [0.15, 0.2) is 0 Å². The maximum Gasteiger partial charge on any atom is 0.213 e.